The fourth-order valence-electron chi connectivity index (χ4n) is 1.73. The quantitative estimate of drug-likeness (QED) is 0.526. The first kappa shape index (κ1) is 15.5. The summed E-state index contributed by atoms with van der Waals surface area (Å²) in [6.45, 7) is 0. The second-order valence-electron chi connectivity index (χ2n) is 4.26. The van der Waals surface area contributed by atoms with Gasteiger partial charge in [0.05, 0.1) is 22.4 Å². The second-order valence-corrected chi connectivity index (χ2v) is 4.26. The van der Waals surface area contributed by atoms with Gasteiger partial charge in [-0.25, -0.2) is 0 Å². The minimum Gasteiger partial charge on any atom is -0.278 e. The Kier molecular flexibility index (Phi) is 4.40. The van der Waals surface area contributed by atoms with Gasteiger partial charge in [0.1, 0.15) is 0 Å². The maximum atomic E-state index is 12.8. The van der Waals surface area contributed by atoms with E-state index in [2.05, 4.69) is 10.5 Å². The molecule has 0 radical (unpaired) electrons. The summed E-state index contributed by atoms with van der Waals surface area (Å²) in [4.78, 5) is 10.0. The zero-order valence-corrected chi connectivity index (χ0v) is 11.0. The van der Waals surface area contributed by atoms with Crippen molar-refractivity contribution in [3.8, 4) is 0 Å². The number of halogens is 3. The Morgan fingerprint density at radius 2 is 1.86 bits per heavy atom. The number of hydrogen-bond donors (Lipinski definition) is 1. The lowest BCUT2D eigenvalue weighted by Gasteiger charge is -2.09. The molecule has 8 heteroatoms. The lowest BCUT2D eigenvalue weighted by atomic mass is 10.1. The van der Waals surface area contributed by atoms with E-state index in [1.54, 1.807) is 0 Å². The van der Waals surface area contributed by atoms with Gasteiger partial charge in [0.2, 0.25) is 0 Å². The molecular formula is C14H10F3N3O2. The maximum Gasteiger partial charge on any atom is 0.417 e. The second kappa shape index (κ2) is 6.25. The van der Waals surface area contributed by atoms with E-state index in [4.69, 9.17) is 0 Å². The Morgan fingerprint density at radius 3 is 2.55 bits per heavy atom. The van der Waals surface area contributed by atoms with Crippen LogP contribution in [-0.2, 0) is 6.18 Å². The smallest absolute Gasteiger partial charge is 0.278 e. The van der Waals surface area contributed by atoms with Crippen LogP contribution in [0.25, 0.3) is 0 Å². The lowest BCUT2D eigenvalue weighted by molar-refractivity contribution is -0.384. The average molecular weight is 309 g/mol. The first-order valence-corrected chi connectivity index (χ1v) is 6.07. The molecule has 0 bridgehead atoms. The molecule has 5 nitrogen and oxygen atoms in total. The zero-order chi connectivity index (χ0) is 16.2. The van der Waals surface area contributed by atoms with Crippen molar-refractivity contribution in [3.63, 3.8) is 0 Å². The molecule has 1 N–H and O–H groups in total. The number of alkyl halides is 3. The molecule has 0 aromatic heterocycles. The molecule has 2 aromatic carbocycles. The summed E-state index contributed by atoms with van der Waals surface area (Å²) in [6.07, 6.45) is -3.46. The third kappa shape index (κ3) is 3.81. The summed E-state index contributed by atoms with van der Waals surface area (Å²) in [5, 5.41) is 14.3. The minimum absolute atomic E-state index is 0.104. The van der Waals surface area contributed by atoms with E-state index in [0.717, 1.165) is 12.3 Å². The predicted octanol–water partition coefficient (Wildman–Crippen LogP) is 4.06. The number of nitro groups is 1. The third-order valence-electron chi connectivity index (χ3n) is 2.72. The van der Waals surface area contributed by atoms with Crippen LogP contribution in [0.1, 0.15) is 11.1 Å². The molecule has 0 spiro atoms. The zero-order valence-electron chi connectivity index (χ0n) is 11.0. The van der Waals surface area contributed by atoms with Crippen LogP contribution in [0.5, 0.6) is 0 Å². The van der Waals surface area contributed by atoms with Crippen LogP contribution >= 0.6 is 0 Å². The number of hydrogen-bond acceptors (Lipinski definition) is 4. The van der Waals surface area contributed by atoms with Gasteiger partial charge >= 0.3 is 6.18 Å². The summed E-state index contributed by atoms with van der Waals surface area (Å²) in [6, 6.07) is 10.5. The summed E-state index contributed by atoms with van der Waals surface area (Å²) in [7, 11) is 0. The molecule has 0 heterocycles. The molecule has 0 unspecified atom stereocenters. The third-order valence-corrected chi connectivity index (χ3v) is 2.72. The molecule has 114 valence electrons. The molecule has 0 fully saturated rings. The number of nitro benzene ring substituents is 1. The summed E-state index contributed by atoms with van der Waals surface area (Å²) >= 11 is 0. The van der Waals surface area contributed by atoms with E-state index in [9.17, 15) is 23.3 Å². The van der Waals surface area contributed by atoms with Gasteiger partial charge in [-0.3, -0.25) is 15.5 Å². The molecular weight excluding hydrogens is 299 g/mol. The fourth-order valence-corrected chi connectivity index (χ4v) is 1.73. The van der Waals surface area contributed by atoms with Crippen LogP contribution in [0.4, 0.5) is 24.5 Å². The Bertz CT molecular complexity index is 714. The molecule has 22 heavy (non-hydrogen) atoms. The number of hydrazone groups is 1. The van der Waals surface area contributed by atoms with Crippen LogP contribution in [0.3, 0.4) is 0 Å². The lowest BCUT2D eigenvalue weighted by Crippen LogP contribution is -2.08. The minimum atomic E-state index is -4.48. The molecule has 0 saturated heterocycles. The highest BCUT2D eigenvalue weighted by molar-refractivity contribution is 5.82. The van der Waals surface area contributed by atoms with Gasteiger partial charge in [-0.1, -0.05) is 24.3 Å². The Hall–Kier alpha value is -2.90. The van der Waals surface area contributed by atoms with Crippen molar-refractivity contribution in [1.29, 1.82) is 0 Å². The summed E-state index contributed by atoms with van der Waals surface area (Å²) in [5.41, 5.74) is 1.71. The van der Waals surface area contributed by atoms with Crippen LogP contribution in [0, 0.1) is 10.1 Å². The molecule has 0 aliphatic heterocycles. The topological polar surface area (TPSA) is 67.5 Å². The number of nitrogens with one attached hydrogen (secondary N) is 1. The molecule has 0 amide bonds. The van der Waals surface area contributed by atoms with Crippen molar-refractivity contribution >= 4 is 17.6 Å². The monoisotopic (exact) mass is 309 g/mol. The van der Waals surface area contributed by atoms with E-state index in [-0.39, 0.29) is 11.3 Å². The van der Waals surface area contributed by atoms with Crippen LogP contribution in [0.15, 0.2) is 53.6 Å². The normalized spacial score (nSPS) is 11.6. The molecule has 0 aliphatic carbocycles. The van der Waals surface area contributed by atoms with E-state index < -0.39 is 16.7 Å². The van der Waals surface area contributed by atoms with Crippen molar-refractivity contribution in [2.45, 2.75) is 6.18 Å². The van der Waals surface area contributed by atoms with Gasteiger partial charge in [-0.05, 0) is 12.1 Å². The Balaban J connectivity index is 2.17. The summed E-state index contributed by atoms with van der Waals surface area (Å²) in [5.74, 6) is 0. The van der Waals surface area contributed by atoms with Crippen molar-refractivity contribution < 1.29 is 18.1 Å². The molecule has 2 aromatic rings. The molecule has 2 rings (SSSR count). The van der Waals surface area contributed by atoms with Gasteiger partial charge in [0.15, 0.2) is 0 Å². The highest BCUT2D eigenvalue weighted by Gasteiger charge is 2.32. The number of anilines is 1. The van der Waals surface area contributed by atoms with Gasteiger partial charge in [0.25, 0.3) is 5.69 Å². The predicted molar refractivity (Wildman–Crippen MR) is 75.8 cm³/mol. The number of non-ortho nitro benzene ring substituents is 1. The Morgan fingerprint density at radius 1 is 1.14 bits per heavy atom. The fraction of sp³-hybridized carbons (Fsp3) is 0.0714. The van der Waals surface area contributed by atoms with E-state index >= 15 is 0 Å². The van der Waals surface area contributed by atoms with E-state index in [1.807, 2.05) is 0 Å². The molecule has 0 atom stereocenters. The van der Waals surface area contributed by atoms with Crippen LogP contribution in [-0.4, -0.2) is 11.1 Å². The van der Waals surface area contributed by atoms with E-state index in [0.29, 0.717) is 5.69 Å². The number of rotatable bonds is 4. The van der Waals surface area contributed by atoms with Gasteiger partial charge in [0, 0.05) is 17.7 Å². The first-order chi connectivity index (χ1) is 10.4. The standard InChI is InChI=1S/C14H10F3N3O2/c15-14(16,17)13-7-2-1-4-10(13)9-18-19-11-5-3-6-12(8-11)20(21)22/h1-9,19H. The summed E-state index contributed by atoms with van der Waals surface area (Å²) < 4.78 is 38.4. The van der Waals surface area contributed by atoms with Crippen molar-refractivity contribution in [2.75, 3.05) is 5.43 Å². The molecule has 0 aliphatic rings. The van der Waals surface area contributed by atoms with Gasteiger partial charge < -0.3 is 0 Å². The largest absolute Gasteiger partial charge is 0.417 e. The number of nitrogens with zero attached hydrogens (tertiary/aromatic N) is 2. The van der Waals surface area contributed by atoms with Gasteiger partial charge in [-0.2, -0.15) is 18.3 Å². The van der Waals surface area contributed by atoms with Crippen LogP contribution < -0.4 is 5.43 Å². The van der Waals surface area contributed by atoms with Crippen LogP contribution in [0.2, 0.25) is 0 Å². The molecule has 0 saturated carbocycles. The Labute approximate surface area is 123 Å². The van der Waals surface area contributed by atoms with Crippen molar-refractivity contribution in [1.82, 2.24) is 0 Å². The first-order valence-electron chi connectivity index (χ1n) is 6.07. The average Bonchev–Trinajstić information content (AvgIpc) is 2.47. The highest BCUT2D eigenvalue weighted by Crippen LogP contribution is 2.31. The SMILES string of the molecule is O=[N+]([O-])c1cccc(NN=Cc2ccccc2C(F)(F)F)c1. The number of benzene rings is 2. The van der Waals surface area contributed by atoms with Crippen molar-refractivity contribution in [3.05, 3.63) is 69.8 Å². The maximum absolute atomic E-state index is 12.8. The van der Waals surface area contributed by atoms with Crippen molar-refractivity contribution in [2.24, 2.45) is 5.10 Å². The van der Waals surface area contributed by atoms with Gasteiger partial charge in [-0.15, -0.1) is 0 Å². The highest BCUT2D eigenvalue weighted by atomic mass is 19.4. The van der Waals surface area contributed by atoms with E-state index in [1.165, 1.54) is 42.5 Å².